The first-order valence-electron chi connectivity index (χ1n) is 3.91. The predicted octanol–water partition coefficient (Wildman–Crippen LogP) is 0.702. The molecule has 0 nitrogen and oxygen atoms in total. The Balaban J connectivity index is 2.53. The van der Waals surface area contributed by atoms with Gasteiger partial charge in [-0.1, -0.05) is 38.9 Å². The quantitative estimate of drug-likeness (QED) is 0.377. The van der Waals surface area contributed by atoms with E-state index in [9.17, 15) is 0 Å². The molecular formula is C6H17BSi. The topological polar surface area (TPSA) is 0 Å². The zero-order chi connectivity index (χ0) is 6.24. The molecule has 0 amide bonds. The van der Waals surface area contributed by atoms with E-state index in [0.717, 1.165) is 0 Å². The van der Waals surface area contributed by atoms with Crippen molar-refractivity contribution in [3.05, 3.63) is 0 Å². The van der Waals surface area contributed by atoms with Crippen molar-refractivity contribution in [2.45, 2.75) is 38.9 Å². The smallest absolute Gasteiger partial charge is 0.0805 e. The van der Waals surface area contributed by atoms with Gasteiger partial charge in [-0.25, -0.2) is 0 Å². The van der Waals surface area contributed by atoms with Gasteiger partial charge in [0.25, 0.3) is 0 Å². The second-order valence-corrected chi connectivity index (χ2v) is 3.41. The molecule has 0 aliphatic heterocycles. The van der Waals surface area contributed by atoms with Gasteiger partial charge < -0.3 is 0 Å². The molecule has 0 rings (SSSR count). The molecule has 0 saturated carbocycles. The summed E-state index contributed by atoms with van der Waals surface area (Å²) < 4.78 is 0. The van der Waals surface area contributed by atoms with Crippen LogP contribution in [0.5, 0.6) is 0 Å². The van der Waals surface area contributed by atoms with Crippen LogP contribution in [-0.2, 0) is 0 Å². The van der Waals surface area contributed by atoms with Crippen molar-refractivity contribution in [2.24, 2.45) is 0 Å². The third kappa shape index (κ3) is 6.28. The normalized spacial score (nSPS) is 9.62. The average Bonchev–Trinajstić information content (AvgIpc) is 1.81. The standard InChI is InChI=1S/C6H17BSi/c1-2-3-4-5-6-7-8/h7H,2-6H2,1,8H3. The van der Waals surface area contributed by atoms with Gasteiger partial charge in [-0.2, -0.15) is 0 Å². The van der Waals surface area contributed by atoms with Crippen LogP contribution in [-0.4, -0.2) is 17.0 Å². The number of rotatable bonds is 5. The van der Waals surface area contributed by atoms with Crippen LogP contribution in [0, 0.1) is 0 Å². The molecular weight excluding hydrogens is 111 g/mol. The van der Waals surface area contributed by atoms with Gasteiger partial charge in [0.15, 0.2) is 0 Å². The highest BCUT2D eigenvalue weighted by Gasteiger charge is 1.84. The third-order valence-electron chi connectivity index (χ3n) is 1.46. The van der Waals surface area contributed by atoms with Crippen molar-refractivity contribution in [1.29, 1.82) is 0 Å². The Hall–Kier alpha value is 0.282. The number of hydrogen-bond donors (Lipinski definition) is 0. The van der Waals surface area contributed by atoms with Gasteiger partial charge in [-0.05, 0) is 10.1 Å². The molecule has 0 bridgehead atoms. The number of hydrogen-bond acceptors (Lipinski definition) is 0. The minimum atomic E-state index is 1.38. The van der Waals surface area contributed by atoms with Crippen molar-refractivity contribution in [3.8, 4) is 0 Å². The Labute approximate surface area is 56.7 Å². The van der Waals surface area contributed by atoms with E-state index in [-0.39, 0.29) is 0 Å². The maximum atomic E-state index is 2.26. The molecule has 0 atom stereocenters. The van der Waals surface area contributed by atoms with E-state index >= 15 is 0 Å². The van der Waals surface area contributed by atoms with Crippen LogP contribution in [0.15, 0.2) is 0 Å². The van der Waals surface area contributed by atoms with Crippen LogP contribution >= 0.6 is 0 Å². The summed E-state index contributed by atoms with van der Waals surface area (Å²) >= 11 is 0. The van der Waals surface area contributed by atoms with Gasteiger partial charge in [0.1, 0.15) is 6.87 Å². The Kier molecular flexibility index (Phi) is 7.54. The van der Waals surface area contributed by atoms with E-state index in [1.54, 1.807) is 0 Å². The Morgan fingerprint density at radius 2 is 2.00 bits per heavy atom. The minimum Gasteiger partial charge on any atom is -0.0805 e. The molecule has 0 N–H and O–H groups in total. The van der Waals surface area contributed by atoms with Gasteiger partial charge in [-0.3, -0.25) is 0 Å². The number of unbranched alkanes of at least 4 members (excludes halogenated alkanes) is 3. The lowest BCUT2D eigenvalue weighted by atomic mass is 9.97. The zero-order valence-corrected chi connectivity index (χ0v) is 8.24. The molecule has 0 heterocycles. The first kappa shape index (κ1) is 8.28. The van der Waals surface area contributed by atoms with E-state index in [2.05, 4.69) is 6.92 Å². The Bertz CT molecular complexity index is 33.5. The van der Waals surface area contributed by atoms with E-state index in [0.29, 0.717) is 0 Å². The van der Waals surface area contributed by atoms with Crippen LogP contribution in [0.3, 0.4) is 0 Å². The maximum absolute atomic E-state index is 2.26. The van der Waals surface area contributed by atoms with Gasteiger partial charge in [-0.15, -0.1) is 0 Å². The summed E-state index contributed by atoms with van der Waals surface area (Å²) in [5.41, 5.74) is 0. The molecule has 0 aliphatic carbocycles. The highest BCUT2D eigenvalue weighted by atomic mass is 28.1. The van der Waals surface area contributed by atoms with Crippen LogP contribution < -0.4 is 0 Å². The molecule has 0 unspecified atom stereocenters. The van der Waals surface area contributed by atoms with Crippen molar-refractivity contribution in [2.75, 3.05) is 0 Å². The van der Waals surface area contributed by atoms with Gasteiger partial charge in [0.05, 0.1) is 0 Å². The summed E-state index contributed by atoms with van der Waals surface area (Å²) in [6, 6.07) is 0. The minimum absolute atomic E-state index is 1.38. The summed E-state index contributed by atoms with van der Waals surface area (Å²) in [6.07, 6.45) is 7.27. The Morgan fingerprint density at radius 3 is 2.50 bits per heavy atom. The monoisotopic (exact) mass is 128 g/mol. The molecule has 48 valence electrons. The summed E-state index contributed by atoms with van der Waals surface area (Å²) in [7, 11) is 1.41. The predicted molar refractivity (Wildman–Crippen MR) is 46.0 cm³/mol. The molecule has 0 aliphatic rings. The fraction of sp³-hybridized carbons (Fsp3) is 1.00. The summed E-state index contributed by atoms with van der Waals surface area (Å²) in [4.78, 5) is 0. The highest BCUT2D eigenvalue weighted by molar-refractivity contribution is 6.89. The lowest BCUT2D eigenvalue weighted by Crippen LogP contribution is -1.86. The van der Waals surface area contributed by atoms with E-state index in [1.807, 2.05) is 0 Å². The van der Waals surface area contributed by atoms with Gasteiger partial charge in [0, 0.05) is 0 Å². The fourth-order valence-electron chi connectivity index (χ4n) is 0.854. The SMILES string of the molecule is CCCCCCB[SiH3]. The van der Waals surface area contributed by atoms with E-state index in [4.69, 9.17) is 0 Å². The lowest BCUT2D eigenvalue weighted by molar-refractivity contribution is 0.701. The van der Waals surface area contributed by atoms with E-state index in [1.165, 1.54) is 49.0 Å². The van der Waals surface area contributed by atoms with Crippen LogP contribution in [0.1, 0.15) is 32.6 Å². The summed E-state index contributed by atoms with van der Waals surface area (Å²) in [5, 5.41) is 0. The van der Waals surface area contributed by atoms with Crippen LogP contribution in [0.25, 0.3) is 0 Å². The highest BCUT2D eigenvalue weighted by Crippen LogP contribution is 2.00. The summed E-state index contributed by atoms with van der Waals surface area (Å²) in [5.74, 6) is 0. The van der Waals surface area contributed by atoms with Crippen molar-refractivity contribution in [1.82, 2.24) is 0 Å². The molecule has 0 aromatic rings. The first-order chi connectivity index (χ1) is 3.91. The van der Waals surface area contributed by atoms with Gasteiger partial charge in [0.2, 0.25) is 0 Å². The second kappa shape index (κ2) is 7.28. The van der Waals surface area contributed by atoms with Crippen molar-refractivity contribution in [3.63, 3.8) is 0 Å². The first-order valence-corrected chi connectivity index (χ1v) is 5.33. The molecule has 0 fully saturated rings. The molecule has 0 saturated heterocycles. The molecule has 0 aromatic carbocycles. The fourth-order valence-corrected chi connectivity index (χ4v) is 1.35. The summed E-state index contributed by atoms with van der Waals surface area (Å²) in [6.45, 7) is 3.77. The zero-order valence-electron chi connectivity index (χ0n) is 6.24. The van der Waals surface area contributed by atoms with Crippen LogP contribution in [0.2, 0.25) is 6.32 Å². The average molecular weight is 128 g/mol. The molecule has 0 aromatic heterocycles. The third-order valence-corrected chi connectivity index (χ3v) is 2.16. The second-order valence-electron chi connectivity index (χ2n) is 2.41. The maximum Gasteiger partial charge on any atom is 0.104 e. The Morgan fingerprint density at radius 1 is 1.25 bits per heavy atom. The molecule has 0 spiro atoms. The van der Waals surface area contributed by atoms with Crippen molar-refractivity contribution < 1.29 is 0 Å². The molecule has 0 radical (unpaired) electrons. The van der Waals surface area contributed by atoms with Gasteiger partial charge >= 0.3 is 0 Å². The molecule has 8 heavy (non-hydrogen) atoms. The van der Waals surface area contributed by atoms with E-state index < -0.39 is 0 Å². The van der Waals surface area contributed by atoms with Crippen molar-refractivity contribution >= 4 is 17.0 Å². The van der Waals surface area contributed by atoms with Crippen LogP contribution in [0.4, 0.5) is 0 Å². The lowest BCUT2D eigenvalue weighted by Gasteiger charge is -1.93. The molecule has 2 heteroatoms. The largest absolute Gasteiger partial charge is 0.104 e.